The third-order valence-electron chi connectivity index (χ3n) is 5.41. The molecule has 4 N–H and O–H groups in total. The lowest BCUT2D eigenvalue weighted by molar-refractivity contribution is -0.114. The Hall–Kier alpha value is -3.72. The van der Waals surface area contributed by atoms with Gasteiger partial charge in [-0.15, -0.1) is 0 Å². The highest BCUT2D eigenvalue weighted by atomic mass is 35.5. The number of nitrogens with one attached hydrogen (secondary N) is 2. The number of aromatic nitrogens is 4. The van der Waals surface area contributed by atoms with Crippen LogP contribution in [0.4, 0.5) is 0 Å². The third-order valence-corrected chi connectivity index (χ3v) is 5.73. The second-order valence-electron chi connectivity index (χ2n) is 7.76. The van der Waals surface area contributed by atoms with E-state index in [0.29, 0.717) is 23.2 Å². The molecule has 9 nitrogen and oxygen atoms in total. The monoisotopic (exact) mass is 448 g/mol. The Bertz CT molecular complexity index is 1370. The molecule has 162 valence electrons. The molecule has 4 aromatic rings. The van der Waals surface area contributed by atoms with E-state index in [0.717, 1.165) is 22.2 Å². The number of fused-ring (bicyclic) bond motifs is 2. The summed E-state index contributed by atoms with van der Waals surface area (Å²) in [6.07, 6.45) is 11.3. The summed E-state index contributed by atoms with van der Waals surface area (Å²) in [5, 5.41) is 7.74. The average molecular weight is 449 g/mol. The zero-order chi connectivity index (χ0) is 22.1. The van der Waals surface area contributed by atoms with Gasteiger partial charge < -0.3 is 20.5 Å². The lowest BCUT2D eigenvalue weighted by atomic mass is 10.2. The molecule has 0 saturated heterocycles. The van der Waals surface area contributed by atoms with Crippen molar-refractivity contribution in [2.75, 3.05) is 0 Å². The van der Waals surface area contributed by atoms with Crippen molar-refractivity contribution in [1.29, 1.82) is 0 Å². The van der Waals surface area contributed by atoms with Crippen molar-refractivity contribution in [3.63, 3.8) is 0 Å². The Morgan fingerprint density at radius 2 is 2.22 bits per heavy atom. The fourth-order valence-corrected chi connectivity index (χ4v) is 3.77. The number of hydrogen-bond donors (Lipinski definition) is 3. The maximum Gasteiger partial charge on any atom is 0.273 e. The quantitative estimate of drug-likeness (QED) is 0.228. The summed E-state index contributed by atoms with van der Waals surface area (Å²) < 4.78 is 2.02. The van der Waals surface area contributed by atoms with Crippen molar-refractivity contribution in [2.24, 2.45) is 15.9 Å². The number of nitrogens with two attached hydrogens (primary N) is 1. The molecule has 4 heterocycles. The molecule has 0 aliphatic heterocycles. The number of aliphatic imine (C=N–C) groups is 1. The maximum absolute atomic E-state index is 12.4. The molecule has 0 radical (unpaired) electrons. The number of aromatic amines is 1. The number of carbonyl (C=O) groups is 1. The van der Waals surface area contributed by atoms with Crippen LogP contribution in [0.3, 0.4) is 0 Å². The maximum atomic E-state index is 12.4. The summed E-state index contributed by atoms with van der Waals surface area (Å²) >= 11 is 6.13. The summed E-state index contributed by atoms with van der Waals surface area (Å²) in [6.45, 7) is 0.524. The molecule has 1 aliphatic rings. The van der Waals surface area contributed by atoms with Gasteiger partial charge in [-0.2, -0.15) is 5.10 Å². The van der Waals surface area contributed by atoms with Crippen LogP contribution in [0, 0.1) is 0 Å². The van der Waals surface area contributed by atoms with E-state index in [1.165, 1.54) is 24.6 Å². The average Bonchev–Trinajstić information content (AvgIpc) is 3.48. The molecule has 1 amide bonds. The first-order valence-electron chi connectivity index (χ1n) is 10.3. The van der Waals surface area contributed by atoms with Crippen LogP contribution in [0.25, 0.3) is 16.6 Å². The number of hydrazone groups is 1. The van der Waals surface area contributed by atoms with E-state index in [1.54, 1.807) is 12.4 Å². The molecule has 1 saturated carbocycles. The van der Waals surface area contributed by atoms with Gasteiger partial charge >= 0.3 is 0 Å². The van der Waals surface area contributed by atoms with Crippen LogP contribution in [0.5, 0.6) is 0 Å². The number of hydrogen-bond acceptors (Lipinski definition) is 6. The molecule has 10 heteroatoms. The first-order chi connectivity index (χ1) is 15.6. The standard InChI is InChI=1S/C22H21ClN8O/c23-18-8-27-19-10-26-15(5-17(18)19)7-28-22(32)20(30-24)9-25-6-16-12-31-11-14(13-1-2-13)3-4-21(31)29-16/h3-5,8-13,27H,1-2,6-7,24H2,(H,28,32). The van der Waals surface area contributed by atoms with Gasteiger partial charge in [0.2, 0.25) is 0 Å². The highest BCUT2D eigenvalue weighted by Gasteiger charge is 2.23. The normalized spacial score (nSPS) is 14.6. The van der Waals surface area contributed by atoms with Crippen molar-refractivity contribution in [1.82, 2.24) is 24.7 Å². The van der Waals surface area contributed by atoms with Gasteiger partial charge in [-0.1, -0.05) is 17.7 Å². The first kappa shape index (κ1) is 20.2. The molecule has 4 aromatic heterocycles. The summed E-state index contributed by atoms with van der Waals surface area (Å²) in [5.74, 6) is 5.63. The van der Waals surface area contributed by atoms with E-state index in [2.05, 4.69) is 42.6 Å². The molecule has 0 aromatic carbocycles. The Balaban J connectivity index is 1.20. The Morgan fingerprint density at radius 1 is 1.34 bits per heavy atom. The Kier molecular flexibility index (Phi) is 5.32. The van der Waals surface area contributed by atoms with E-state index < -0.39 is 5.91 Å². The van der Waals surface area contributed by atoms with E-state index in [9.17, 15) is 4.79 Å². The number of imidazole rings is 1. The smallest absolute Gasteiger partial charge is 0.273 e. The predicted octanol–water partition coefficient (Wildman–Crippen LogP) is 2.94. The van der Waals surface area contributed by atoms with E-state index in [1.807, 2.05) is 22.7 Å². The number of rotatable bonds is 7. The van der Waals surface area contributed by atoms with Gasteiger partial charge in [0.25, 0.3) is 5.91 Å². The zero-order valence-corrected chi connectivity index (χ0v) is 17.9. The molecule has 0 unspecified atom stereocenters. The van der Waals surface area contributed by atoms with Gasteiger partial charge in [-0.25, -0.2) is 4.98 Å². The number of H-pyrrole nitrogens is 1. The number of halogens is 1. The fourth-order valence-electron chi connectivity index (χ4n) is 3.56. The van der Waals surface area contributed by atoms with Gasteiger partial charge in [0.1, 0.15) is 5.65 Å². The van der Waals surface area contributed by atoms with Crippen LogP contribution in [0.2, 0.25) is 5.02 Å². The van der Waals surface area contributed by atoms with Crippen LogP contribution >= 0.6 is 11.6 Å². The van der Waals surface area contributed by atoms with Crippen molar-refractivity contribution < 1.29 is 4.79 Å². The molecule has 0 atom stereocenters. The minimum atomic E-state index is -0.442. The lowest BCUT2D eigenvalue weighted by Crippen LogP contribution is -2.32. The van der Waals surface area contributed by atoms with Crippen molar-refractivity contribution in [3.05, 3.63) is 65.0 Å². The molecule has 1 fully saturated rings. The molecule has 1 aliphatic carbocycles. The molecule has 0 spiro atoms. The first-order valence-corrected chi connectivity index (χ1v) is 10.6. The lowest BCUT2D eigenvalue weighted by Gasteiger charge is -2.04. The minimum Gasteiger partial charge on any atom is -0.358 e. The van der Waals surface area contributed by atoms with Crippen LogP contribution in [-0.4, -0.2) is 37.2 Å². The highest BCUT2D eigenvalue weighted by Crippen LogP contribution is 2.39. The van der Waals surface area contributed by atoms with Crippen molar-refractivity contribution in [2.45, 2.75) is 31.8 Å². The SMILES string of the molecule is NN=C(C=NCc1cn2cc(C3CC3)ccc2n1)C(=O)NCc1cc2c(Cl)c[nH]c2cn1. The molecule has 32 heavy (non-hydrogen) atoms. The summed E-state index contributed by atoms with van der Waals surface area (Å²) in [4.78, 5) is 28.6. The van der Waals surface area contributed by atoms with Crippen molar-refractivity contribution in [3.8, 4) is 0 Å². The van der Waals surface area contributed by atoms with Gasteiger partial charge in [-0.05, 0) is 36.5 Å². The van der Waals surface area contributed by atoms with Gasteiger partial charge in [-0.3, -0.25) is 14.8 Å². The van der Waals surface area contributed by atoms with Crippen LogP contribution in [-0.2, 0) is 17.9 Å². The molecular weight excluding hydrogens is 428 g/mol. The van der Waals surface area contributed by atoms with Crippen molar-refractivity contribution >= 4 is 46.0 Å². The number of amides is 1. The van der Waals surface area contributed by atoms with E-state index >= 15 is 0 Å². The molecular formula is C22H21ClN8O. The van der Waals surface area contributed by atoms with Gasteiger partial charge in [0.15, 0.2) is 5.71 Å². The van der Waals surface area contributed by atoms with Crippen LogP contribution in [0.1, 0.15) is 35.7 Å². The number of pyridine rings is 2. The molecule has 0 bridgehead atoms. The second kappa shape index (κ2) is 8.43. The topological polar surface area (TPSA) is 126 Å². The second-order valence-corrected chi connectivity index (χ2v) is 8.17. The number of carbonyl (C=O) groups excluding carboxylic acids is 1. The van der Waals surface area contributed by atoms with E-state index in [4.69, 9.17) is 17.4 Å². The summed E-state index contributed by atoms with van der Waals surface area (Å²) in [5.41, 5.74) is 4.52. The largest absolute Gasteiger partial charge is 0.358 e. The Morgan fingerprint density at radius 3 is 3.03 bits per heavy atom. The number of nitrogens with zero attached hydrogens (tertiary/aromatic N) is 5. The Labute approximate surface area is 188 Å². The van der Waals surface area contributed by atoms with Gasteiger partial charge in [0, 0.05) is 24.0 Å². The van der Waals surface area contributed by atoms with Crippen LogP contribution in [0.15, 0.2) is 53.1 Å². The van der Waals surface area contributed by atoms with E-state index in [-0.39, 0.29) is 12.3 Å². The fraction of sp³-hybridized carbons (Fsp3) is 0.227. The van der Waals surface area contributed by atoms with Gasteiger partial charge in [0.05, 0.1) is 47.4 Å². The summed E-state index contributed by atoms with van der Waals surface area (Å²) in [6, 6.07) is 5.97. The minimum absolute atomic E-state index is 0.0190. The highest BCUT2D eigenvalue weighted by molar-refractivity contribution is 6.60. The predicted molar refractivity (Wildman–Crippen MR) is 124 cm³/mol. The van der Waals surface area contributed by atoms with Crippen LogP contribution < -0.4 is 11.2 Å². The summed E-state index contributed by atoms with van der Waals surface area (Å²) in [7, 11) is 0. The molecule has 5 rings (SSSR count). The third kappa shape index (κ3) is 4.19. The zero-order valence-electron chi connectivity index (χ0n) is 17.1.